The number of benzene rings is 2. The second kappa shape index (κ2) is 8.53. The number of nitrogens with one attached hydrogen (secondary N) is 1. The Morgan fingerprint density at radius 1 is 0.893 bits per heavy atom. The number of aromatic nitrogens is 2. The first-order chi connectivity index (χ1) is 13.5. The second-order valence-electron chi connectivity index (χ2n) is 5.53. The lowest BCUT2D eigenvalue weighted by Crippen LogP contribution is -2.04. The third-order valence-corrected chi connectivity index (χ3v) is 4.14. The summed E-state index contributed by atoms with van der Waals surface area (Å²) in [5, 5.41) is 3.50. The van der Waals surface area contributed by atoms with Crippen LogP contribution in [-0.2, 0) is 0 Å². The lowest BCUT2D eigenvalue weighted by Gasteiger charge is -2.15. The largest absolute Gasteiger partial charge is 0.497 e. The predicted molar refractivity (Wildman–Crippen MR) is 107 cm³/mol. The number of nitrogens with zero attached hydrogens (tertiary/aromatic N) is 2. The van der Waals surface area contributed by atoms with Gasteiger partial charge < -0.3 is 30.0 Å². The van der Waals surface area contributed by atoms with E-state index in [2.05, 4.69) is 15.3 Å². The highest BCUT2D eigenvalue weighted by Crippen LogP contribution is 2.39. The molecule has 0 amide bonds. The van der Waals surface area contributed by atoms with Crippen molar-refractivity contribution in [3.8, 4) is 28.9 Å². The van der Waals surface area contributed by atoms with E-state index in [1.165, 1.54) is 20.5 Å². The summed E-state index contributed by atoms with van der Waals surface area (Å²) in [5.74, 6) is 2.83. The Labute approximate surface area is 167 Å². The van der Waals surface area contributed by atoms with Gasteiger partial charge in [0.1, 0.15) is 35.0 Å². The number of hydrogen-bond donors (Lipinski definition) is 2. The van der Waals surface area contributed by atoms with E-state index in [9.17, 15) is 0 Å². The monoisotopic (exact) mass is 402 g/mol. The van der Waals surface area contributed by atoms with Crippen LogP contribution in [0.4, 0.5) is 17.2 Å². The minimum absolute atomic E-state index is 0.209. The zero-order chi connectivity index (χ0) is 20.1. The van der Waals surface area contributed by atoms with Gasteiger partial charge in [-0.25, -0.2) is 4.98 Å². The molecule has 9 heteroatoms. The Balaban J connectivity index is 1.88. The maximum Gasteiger partial charge on any atom is 0.248 e. The first kappa shape index (κ1) is 19.4. The minimum Gasteiger partial charge on any atom is -0.497 e. The van der Waals surface area contributed by atoms with Gasteiger partial charge in [-0.15, -0.1) is 0 Å². The topological polar surface area (TPSA) is 101 Å². The first-order valence-electron chi connectivity index (χ1n) is 8.16. The van der Waals surface area contributed by atoms with Crippen molar-refractivity contribution in [1.29, 1.82) is 0 Å². The van der Waals surface area contributed by atoms with Crippen molar-refractivity contribution in [2.45, 2.75) is 0 Å². The minimum atomic E-state index is 0.209. The van der Waals surface area contributed by atoms with Crippen molar-refractivity contribution in [3.63, 3.8) is 0 Å². The van der Waals surface area contributed by atoms with E-state index in [0.29, 0.717) is 39.5 Å². The molecule has 3 rings (SSSR count). The van der Waals surface area contributed by atoms with Crippen LogP contribution in [0.25, 0.3) is 0 Å². The molecule has 0 atom stereocenters. The number of methoxy groups -OCH3 is 3. The highest BCUT2D eigenvalue weighted by molar-refractivity contribution is 6.32. The molecule has 0 saturated carbocycles. The van der Waals surface area contributed by atoms with Crippen LogP contribution in [0.5, 0.6) is 28.9 Å². The van der Waals surface area contributed by atoms with Crippen LogP contribution in [0, 0.1) is 0 Å². The van der Waals surface area contributed by atoms with Crippen molar-refractivity contribution < 1.29 is 18.9 Å². The normalized spacial score (nSPS) is 10.3. The average Bonchev–Trinajstić information content (AvgIpc) is 2.71. The maximum atomic E-state index is 6.21. The standard InChI is InChI=1S/C19H19ClN4O4/c1-25-11-4-6-12(7-5-11)28-19-17(21)18(22-10-23-19)24-14-8-13(20)15(26-2)9-16(14)27-3/h4-10H,21H2,1-3H3,(H,22,23,24). The molecule has 0 aliphatic rings. The van der Waals surface area contributed by atoms with Crippen LogP contribution < -0.4 is 30.0 Å². The fourth-order valence-corrected chi connectivity index (χ4v) is 2.64. The number of rotatable bonds is 7. The molecule has 0 fully saturated rings. The molecule has 0 saturated heterocycles. The van der Waals surface area contributed by atoms with Crippen LogP contribution in [-0.4, -0.2) is 31.3 Å². The molecule has 1 aromatic heterocycles. The van der Waals surface area contributed by atoms with Gasteiger partial charge in [-0.2, -0.15) is 4.98 Å². The zero-order valence-corrected chi connectivity index (χ0v) is 16.3. The first-order valence-corrected chi connectivity index (χ1v) is 8.54. The summed E-state index contributed by atoms with van der Waals surface area (Å²) in [6.45, 7) is 0. The molecule has 2 aromatic carbocycles. The fourth-order valence-electron chi connectivity index (χ4n) is 2.40. The Kier molecular flexibility index (Phi) is 5.90. The van der Waals surface area contributed by atoms with Crippen molar-refractivity contribution in [3.05, 3.63) is 47.7 Å². The number of ether oxygens (including phenoxy) is 4. The van der Waals surface area contributed by atoms with E-state index >= 15 is 0 Å². The number of anilines is 3. The van der Waals surface area contributed by atoms with Gasteiger partial charge in [-0.3, -0.25) is 0 Å². The summed E-state index contributed by atoms with van der Waals surface area (Å²) in [6.07, 6.45) is 1.34. The van der Waals surface area contributed by atoms with Gasteiger partial charge in [0, 0.05) is 6.07 Å². The lowest BCUT2D eigenvalue weighted by atomic mass is 10.2. The van der Waals surface area contributed by atoms with Gasteiger partial charge in [0.2, 0.25) is 5.88 Å². The SMILES string of the molecule is COc1ccc(Oc2ncnc(Nc3cc(Cl)c(OC)cc3OC)c2N)cc1. The molecule has 28 heavy (non-hydrogen) atoms. The Morgan fingerprint density at radius 3 is 2.21 bits per heavy atom. The molecule has 0 radical (unpaired) electrons. The summed E-state index contributed by atoms with van der Waals surface area (Å²) in [4.78, 5) is 8.27. The summed E-state index contributed by atoms with van der Waals surface area (Å²) in [5.41, 5.74) is 6.98. The van der Waals surface area contributed by atoms with Crippen molar-refractivity contribution in [1.82, 2.24) is 9.97 Å². The molecule has 0 aliphatic carbocycles. The molecule has 8 nitrogen and oxygen atoms in total. The molecule has 1 heterocycles. The molecular weight excluding hydrogens is 384 g/mol. The zero-order valence-electron chi connectivity index (χ0n) is 15.5. The lowest BCUT2D eigenvalue weighted by molar-refractivity contribution is 0.396. The van der Waals surface area contributed by atoms with Crippen LogP contribution in [0.1, 0.15) is 0 Å². The average molecular weight is 403 g/mol. The number of halogens is 1. The third kappa shape index (κ3) is 4.12. The van der Waals surface area contributed by atoms with E-state index in [1.54, 1.807) is 43.5 Å². The van der Waals surface area contributed by atoms with Crippen molar-refractivity contribution in [2.75, 3.05) is 32.4 Å². The van der Waals surface area contributed by atoms with E-state index < -0.39 is 0 Å². The quantitative estimate of drug-likeness (QED) is 0.604. The van der Waals surface area contributed by atoms with Crippen LogP contribution >= 0.6 is 11.6 Å². The predicted octanol–water partition coefficient (Wildman–Crippen LogP) is 4.27. The fraction of sp³-hybridized carbons (Fsp3) is 0.158. The van der Waals surface area contributed by atoms with E-state index in [-0.39, 0.29) is 11.6 Å². The van der Waals surface area contributed by atoms with E-state index in [4.69, 9.17) is 36.3 Å². The highest BCUT2D eigenvalue weighted by Gasteiger charge is 2.15. The molecule has 0 aliphatic heterocycles. The van der Waals surface area contributed by atoms with Gasteiger partial charge in [0.05, 0.1) is 32.0 Å². The van der Waals surface area contributed by atoms with Crippen molar-refractivity contribution >= 4 is 28.8 Å². The Hall–Kier alpha value is -3.39. The second-order valence-corrected chi connectivity index (χ2v) is 5.94. The van der Waals surface area contributed by atoms with Gasteiger partial charge in [0.25, 0.3) is 0 Å². The highest BCUT2D eigenvalue weighted by atomic mass is 35.5. The van der Waals surface area contributed by atoms with Crippen LogP contribution in [0.2, 0.25) is 5.02 Å². The summed E-state index contributed by atoms with van der Waals surface area (Å²) < 4.78 is 21.5. The third-order valence-electron chi connectivity index (χ3n) is 3.85. The van der Waals surface area contributed by atoms with E-state index in [1.807, 2.05) is 0 Å². The van der Waals surface area contributed by atoms with Gasteiger partial charge in [0.15, 0.2) is 5.82 Å². The molecule has 0 bridgehead atoms. The number of nitrogen functional groups attached to an aromatic ring is 1. The van der Waals surface area contributed by atoms with Crippen molar-refractivity contribution in [2.24, 2.45) is 0 Å². The Bertz CT molecular complexity index is 967. The Morgan fingerprint density at radius 2 is 1.57 bits per heavy atom. The molecule has 3 aromatic rings. The molecule has 3 N–H and O–H groups in total. The molecule has 146 valence electrons. The van der Waals surface area contributed by atoms with Crippen LogP contribution in [0.3, 0.4) is 0 Å². The number of hydrogen-bond acceptors (Lipinski definition) is 8. The molecular formula is C19H19ClN4O4. The van der Waals surface area contributed by atoms with Gasteiger partial charge >= 0.3 is 0 Å². The smallest absolute Gasteiger partial charge is 0.248 e. The number of nitrogens with two attached hydrogens (primary N) is 1. The molecule has 0 unspecified atom stereocenters. The summed E-state index contributed by atoms with van der Waals surface area (Å²) >= 11 is 6.21. The van der Waals surface area contributed by atoms with Gasteiger partial charge in [-0.05, 0) is 30.3 Å². The molecule has 0 spiro atoms. The maximum absolute atomic E-state index is 6.21. The van der Waals surface area contributed by atoms with Gasteiger partial charge in [-0.1, -0.05) is 11.6 Å². The summed E-state index contributed by atoms with van der Waals surface area (Å²) in [7, 11) is 4.66. The summed E-state index contributed by atoms with van der Waals surface area (Å²) in [6, 6.07) is 10.4. The van der Waals surface area contributed by atoms with Crippen LogP contribution in [0.15, 0.2) is 42.7 Å². The van der Waals surface area contributed by atoms with E-state index in [0.717, 1.165) is 0 Å².